The monoisotopic (exact) mass is 515 g/mol. The van der Waals surface area contributed by atoms with Gasteiger partial charge < -0.3 is 49.8 Å². The molecule has 0 bridgehead atoms. The Morgan fingerprint density at radius 2 is 1.33 bits per heavy atom. The number of nitrogens with two attached hydrogens (primary N) is 3. The van der Waals surface area contributed by atoms with Gasteiger partial charge >= 0.3 is 53.0 Å². The van der Waals surface area contributed by atoms with Gasteiger partial charge in [0.1, 0.15) is 18.1 Å². The zero-order chi connectivity index (χ0) is 23.8. The van der Waals surface area contributed by atoms with E-state index >= 15 is 0 Å². The highest BCUT2D eigenvalue weighted by atomic mass is 31.2. The first kappa shape index (κ1) is 28.6. The van der Waals surface area contributed by atoms with Crippen molar-refractivity contribution < 1.29 is 61.4 Å². The molecule has 18 heteroatoms. The molecule has 0 amide bonds. The van der Waals surface area contributed by atoms with Crippen LogP contribution in [0.2, 0.25) is 0 Å². The second-order valence-electron chi connectivity index (χ2n) is 6.50. The van der Waals surface area contributed by atoms with Crippen LogP contribution in [0.1, 0.15) is 38.5 Å². The lowest BCUT2D eigenvalue weighted by molar-refractivity contribution is -0.147. The van der Waals surface area contributed by atoms with E-state index in [0.717, 1.165) is 0 Å². The van der Waals surface area contributed by atoms with Crippen LogP contribution in [0.25, 0.3) is 0 Å². The van der Waals surface area contributed by atoms with E-state index in [1.165, 1.54) is 0 Å². The van der Waals surface area contributed by atoms with Crippen molar-refractivity contribution in [1.82, 2.24) is 0 Å². The van der Waals surface area contributed by atoms with Gasteiger partial charge in [-0.1, -0.05) is 0 Å². The molecule has 2 aliphatic rings. The first-order valence-electron chi connectivity index (χ1n) is 9.20. The molecule has 8 N–H and O–H groups in total. The molecule has 33 heavy (non-hydrogen) atoms. The van der Waals surface area contributed by atoms with E-state index < -0.39 is 77.6 Å². The van der Waals surface area contributed by atoms with Gasteiger partial charge in [-0.3, -0.25) is 14.4 Å². The smallest absolute Gasteiger partial charge is 0.412 e. The summed E-state index contributed by atoms with van der Waals surface area (Å²) in [6, 6.07) is -3.55. The zero-order valence-electron chi connectivity index (χ0n) is 17.0. The van der Waals surface area contributed by atoms with Gasteiger partial charge in [0.05, 0.1) is 0 Å². The van der Waals surface area contributed by atoms with E-state index in [1.807, 2.05) is 0 Å². The highest BCUT2D eigenvalue weighted by molar-refractivity contribution is 7.43. The first-order valence-corrected chi connectivity index (χ1v) is 11.4. The molecule has 186 valence electrons. The first-order chi connectivity index (χ1) is 15.0. The Bertz CT molecular complexity index is 782. The van der Waals surface area contributed by atoms with Crippen LogP contribution >= 0.6 is 17.2 Å². The van der Waals surface area contributed by atoms with Crippen molar-refractivity contribution in [3.05, 3.63) is 0 Å². The number of carbonyl (C=O) groups is 6. The van der Waals surface area contributed by atoms with Crippen molar-refractivity contribution in [2.24, 2.45) is 17.2 Å². The van der Waals surface area contributed by atoms with Crippen molar-refractivity contribution in [2.45, 2.75) is 56.7 Å². The Hall–Kier alpha value is -2.48. The van der Waals surface area contributed by atoms with Crippen molar-refractivity contribution in [3.63, 3.8) is 0 Å². The number of rotatable bonds is 6. The molecular weight excluding hydrogens is 492 g/mol. The highest BCUT2D eigenvalue weighted by Crippen LogP contribution is 2.43. The van der Waals surface area contributed by atoms with E-state index in [4.69, 9.17) is 44.3 Å². The molecule has 2 rings (SSSR count). The van der Waals surface area contributed by atoms with Gasteiger partial charge in [-0.15, -0.1) is 0 Å². The lowest BCUT2D eigenvalue weighted by atomic mass is 10.2. The predicted octanol–water partition coefficient (Wildman–Crippen LogP) is -1.78. The highest BCUT2D eigenvalue weighted by Gasteiger charge is 2.36. The van der Waals surface area contributed by atoms with Crippen LogP contribution in [0.5, 0.6) is 0 Å². The molecule has 2 fully saturated rings. The van der Waals surface area contributed by atoms with Crippen LogP contribution in [0.3, 0.4) is 0 Å². The molecule has 2 aliphatic heterocycles. The van der Waals surface area contributed by atoms with Crippen molar-refractivity contribution in [2.75, 3.05) is 0 Å². The fourth-order valence-corrected chi connectivity index (χ4v) is 3.94. The predicted molar refractivity (Wildman–Crippen MR) is 106 cm³/mol. The second kappa shape index (κ2) is 13.3. The fourth-order valence-electron chi connectivity index (χ4n) is 2.10. The number of hydrogen-bond acceptors (Lipinski definition) is 15. The maximum atomic E-state index is 12.1. The van der Waals surface area contributed by atoms with Crippen LogP contribution in [-0.2, 0) is 55.9 Å². The third-order valence-corrected chi connectivity index (χ3v) is 5.95. The van der Waals surface area contributed by atoms with Crippen LogP contribution in [0.4, 0.5) is 0 Å². The third-order valence-electron chi connectivity index (χ3n) is 3.91. The minimum atomic E-state index is -2.70. The van der Waals surface area contributed by atoms with Crippen LogP contribution in [0.15, 0.2) is 0 Å². The molecule has 0 saturated carbocycles. The van der Waals surface area contributed by atoms with Gasteiger partial charge in [-0.25, -0.2) is 14.4 Å². The van der Waals surface area contributed by atoms with E-state index in [2.05, 4.69) is 0 Å². The summed E-state index contributed by atoms with van der Waals surface area (Å²) in [4.78, 5) is 70.4. The molecule has 0 aromatic carbocycles. The van der Waals surface area contributed by atoms with E-state index in [-0.39, 0.29) is 37.6 Å². The maximum Gasteiger partial charge on any atom is 0.537 e. The Kier molecular flexibility index (Phi) is 11.5. The number of carbonyl (C=O) groups excluding carboxylic acids is 6. The lowest BCUT2D eigenvalue weighted by Gasteiger charge is -2.21. The van der Waals surface area contributed by atoms with Gasteiger partial charge in [-0.05, 0) is 19.3 Å². The molecule has 5 atom stereocenters. The lowest BCUT2D eigenvalue weighted by Crippen LogP contribution is -2.36. The molecule has 0 aromatic rings. The largest absolute Gasteiger partial charge is 0.537 e. The van der Waals surface area contributed by atoms with E-state index in [1.54, 1.807) is 0 Å². The molecule has 0 spiro atoms. The van der Waals surface area contributed by atoms with Crippen LogP contribution in [-0.4, -0.2) is 59.4 Å². The minimum absolute atomic E-state index is 0. The topological polar surface area (TPSA) is 267 Å². The van der Waals surface area contributed by atoms with Gasteiger partial charge in [0.25, 0.3) is 0 Å². The van der Waals surface area contributed by atoms with Crippen molar-refractivity contribution in [3.8, 4) is 0 Å². The standard InChI is InChI=1S/C15H21N3O12P2.H2O/c16-7-1-4-10(19)25-31(28-13(7)22)26-11(20)5-2-8(17)14(23)29-32-27-12(21)6-3-9(18)15(24)30-32;/h7-9H,1-6,16-18H2;1H2/t7-,8-,9+,31?,32?;/m0./s1. The van der Waals surface area contributed by atoms with E-state index in [0.29, 0.717) is 0 Å². The summed E-state index contributed by atoms with van der Waals surface area (Å²) in [6.45, 7) is 0. The molecule has 0 aliphatic carbocycles. The average Bonchev–Trinajstić information content (AvgIpc) is 2.72. The van der Waals surface area contributed by atoms with Crippen LogP contribution in [0, 0.1) is 0 Å². The van der Waals surface area contributed by atoms with Gasteiger partial charge in [0.15, 0.2) is 0 Å². The summed E-state index contributed by atoms with van der Waals surface area (Å²) in [5, 5.41) is 0. The summed E-state index contributed by atoms with van der Waals surface area (Å²) in [6.07, 6.45) is -1.08. The summed E-state index contributed by atoms with van der Waals surface area (Å²) in [5.41, 5.74) is 16.6. The third kappa shape index (κ3) is 9.50. The Balaban J connectivity index is 0.00000544. The Labute approximate surface area is 189 Å². The zero-order valence-corrected chi connectivity index (χ0v) is 18.8. The molecular formula is C15H23N3O13P2. The van der Waals surface area contributed by atoms with Gasteiger partial charge in [0.2, 0.25) is 0 Å². The summed E-state index contributed by atoms with van der Waals surface area (Å²) >= 11 is 0. The van der Waals surface area contributed by atoms with Gasteiger partial charge in [0, 0.05) is 19.3 Å². The van der Waals surface area contributed by atoms with Crippen LogP contribution < -0.4 is 17.2 Å². The van der Waals surface area contributed by atoms with E-state index in [9.17, 15) is 28.8 Å². The molecule has 2 unspecified atom stereocenters. The van der Waals surface area contributed by atoms with Gasteiger partial charge in [-0.2, -0.15) is 0 Å². The maximum absolute atomic E-state index is 12.1. The molecule has 2 heterocycles. The normalized spacial score (nSPS) is 26.9. The van der Waals surface area contributed by atoms with Crippen molar-refractivity contribution >= 4 is 53.0 Å². The van der Waals surface area contributed by atoms with Crippen molar-refractivity contribution in [1.29, 1.82) is 0 Å². The SMILES string of the molecule is N[C@@H]1CCC(=O)OP(OC(=O)[C@@H](N)CCC(=O)OP2OC(=O)CC[C@H](N)C(=O)O2)OC1=O.O. The fraction of sp³-hybridized carbons (Fsp3) is 0.600. The quantitative estimate of drug-likeness (QED) is 0.330. The Morgan fingerprint density at radius 3 is 1.82 bits per heavy atom. The molecule has 0 aromatic heterocycles. The summed E-state index contributed by atoms with van der Waals surface area (Å²) < 4.78 is 28.5. The molecule has 2 saturated heterocycles. The summed E-state index contributed by atoms with van der Waals surface area (Å²) in [5.74, 6) is -5.48. The number of hydrogen-bond donors (Lipinski definition) is 3. The second-order valence-corrected chi connectivity index (χ2v) is 8.49. The molecule has 0 radical (unpaired) electrons. The minimum Gasteiger partial charge on any atom is -0.412 e. The summed E-state index contributed by atoms with van der Waals surface area (Å²) in [7, 11) is -5.35. The average molecular weight is 515 g/mol. The Morgan fingerprint density at radius 1 is 0.879 bits per heavy atom. The molecule has 16 nitrogen and oxygen atoms in total.